The van der Waals surface area contributed by atoms with Crippen molar-refractivity contribution in [3.63, 3.8) is 0 Å². The summed E-state index contributed by atoms with van der Waals surface area (Å²) in [5.74, 6) is -1.95. The Bertz CT molecular complexity index is 735. The van der Waals surface area contributed by atoms with Crippen LogP contribution < -0.4 is 5.56 Å². The molecular weight excluding hydrogens is 361 g/mol. The van der Waals surface area contributed by atoms with Crippen LogP contribution in [0.1, 0.15) is 14.4 Å². The smallest absolute Gasteiger partial charge is 0.345 e. The molecule has 1 aromatic carbocycles. The lowest BCUT2D eigenvalue weighted by molar-refractivity contribution is 0.0691. The molecule has 0 saturated heterocycles. The Morgan fingerprint density at radius 2 is 2.05 bits per heavy atom. The summed E-state index contributed by atoms with van der Waals surface area (Å²) in [6.45, 7) is 3.60. The quantitative estimate of drug-likeness (QED) is 0.494. The number of nitrogens with zero attached hydrogens (tertiary/aromatic N) is 1. The molecule has 0 aliphatic rings. The Hall–Kier alpha value is -1.83. The Kier molecular flexibility index (Phi) is 3.61. The van der Waals surface area contributed by atoms with E-state index in [4.69, 9.17) is 5.11 Å². The zero-order chi connectivity index (χ0) is 14.2. The van der Waals surface area contributed by atoms with Crippen LogP contribution in [0.4, 0.5) is 0 Å². The van der Waals surface area contributed by atoms with E-state index in [1.165, 1.54) is 10.6 Å². The molecule has 1 aromatic heterocycles. The zero-order valence-electron chi connectivity index (χ0n) is 9.71. The first-order valence-electron chi connectivity index (χ1n) is 5.35. The molecule has 2 aromatic rings. The van der Waals surface area contributed by atoms with Crippen LogP contribution in [0.2, 0.25) is 0 Å². The van der Waals surface area contributed by atoms with E-state index in [0.29, 0.717) is 10.9 Å². The van der Waals surface area contributed by atoms with E-state index >= 15 is 0 Å². The summed E-state index contributed by atoms with van der Waals surface area (Å²) in [4.78, 5) is 23.4. The maximum atomic E-state index is 12.2. The average Bonchev–Trinajstić information content (AvgIpc) is 2.38. The molecule has 98 valence electrons. The summed E-state index contributed by atoms with van der Waals surface area (Å²) in [5, 5.41) is 19.4. The Morgan fingerprint density at radius 3 is 2.63 bits per heavy atom. The summed E-state index contributed by atoms with van der Waals surface area (Å²) >= 11 is 1.97. The second-order valence-corrected chi connectivity index (χ2v) is 5.11. The highest BCUT2D eigenvalue weighted by Gasteiger charge is 2.23. The van der Waals surface area contributed by atoms with Gasteiger partial charge in [-0.25, -0.2) is 4.79 Å². The van der Waals surface area contributed by atoms with Crippen LogP contribution in [0.3, 0.4) is 0 Å². The minimum atomic E-state index is -1.45. The molecule has 1 unspecified atom stereocenters. The third-order valence-corrected chi connectivity index (χ3v) is 3.81. The Balaban J connectivity index is 3.05. The average molecular weight is 371 g/mol. The van der Waals surface area contributed by atoms with Gasteiger partial charge >= 0.3 is 5.97 Å². The first kappa shape index (κ1) is 13.6. The van der Waals surface area contributed by atoms with Crippen LogP contribution in [0, 0.1) is 0 Å². The summed E-state index contributed by atoms with van der Waals surface area (Å²) in [5.41, 5.74) is -0.903. The third-order valence-electron chi connectivity index (χ3n) is 2.74. The van der Waals surface area contributed by atoms with E-state index in [1.807, 2.05) is 22.6 Å². The number of carboxylic acid groups (broad SMARTS) is 1. The van der Waals surface area contributed by atoms with Crippen LogP contribution in [0.25, 0.3) is 10.9 Å². The first-order chi connectivity index (χ1) is 8.99. The topological polar surface area (TPSA) is 79.5 Å². The van der Waals surface area contributed by atoms with Crippen molar-refractivity contribution in [3.8, 4) is 5.75 Å². The van der Waals surface area contributed by atoms with E-state index in [0.717, 1.165) is 0 Å². The molecule has 0 bridgehead atoms. The number of allylic oxidation sites excluding steroid dienone is 1. The fourth-order valence-corrected chi connectivity index (χ4v) is 2.45. The molecule has 2 rings (SSSR count). The van der Waals surface area contributed by atoms with E-state index in [-0.39, 0.29) is 0 Å². The maximum Gasteiger partial charge on any atom is 0.345 e. The molecule has 0 spiro atoms. The largest absolute Gasteiger partial charge is 0.506 e. The van der Waals surface area contributed by atoms with Gasteiger partial charge in [-0.05, 0) is 12.1 Å². The number of fused-ring (bicyclic) bond motifs is 1. The molecule has 0 fully saturated rings. The third kappa shape index (κ3) is 2.12. The number of pyridine rings is 1. The molecule has 0 aliphatic heterocycles. The molecule has 1 heterocycles. The van der Waals surface area contributed by atoms with Crippen LogP contribution in [-0.4, -0.2) is 20.7 Å². The highest BCUT2D eigenvalue weighted by Crippen LogP contribution is 2.29. The minimum absolute atomic E-state index is 0.322. The van der Waals surface area contributed by atoms with Crippen molar-refractivity contribution < 1.29 is 15.0 Å². The lowest BCUT2D eigenvalue weighted by atomic mass is 10.1. The molecule has 1 atom stereocenters. The number of rotatable bonds is 3. The molecule has 0 amide bonds. The van der Waals surface area contributed by atoms with Gasteiger partial charge in [0, 0.05) is 5.39 Å². The summed E-state index contributed by atoms with van der Waals surface area (Å²) in [7, 11) is 0. The van der Waals surface area contributed by atoms with Gasteiger partial charge < -0.3 is 10.2 Å². The number of hydrogen-bond donors (Lipinski definition) is 2. The number of alkyl halides is 1. The molecule has 0 aliphatic carbocycles. The van der Waals surface area contributed by atoms with Gasteiger partial charge in [0.25, 0.3) is 5.56 Å². The lowest BCUT2D eigenvalue weighted by Gasteiger charge is -2.15. The normalized spacial score (nSPS) is 12.3. The van der Waals surface area contributed by atoms with Crippen molar-refractivity contribution in [1.29, 1.82) is 0 Å². The second kappa shape index (κ2) is 5.04. The maximum absolute atomic E-state index is 12.2. The predicted octanol–water partition coefficient (Wildman–Crippen LogP) is 2.52. The number of aromatic carboxylic acids is 1. The van der Waals surface area contributed by atoms with E-state index in [9.17, 15) is 14.7 Å². The van der Waals surface area contributed by atoms with Gasteiger partial charge in [0.15, 0.2) is 5.56 Å². The molecule has 19 heavy (non-hydrogen) atoms. The molecule has 0 radical (unpaired) electrons. The molecule has 6 heteroatoms. The van der Waals surface area contributed by atoms with Gasteiger partial charge in [0.05, 0.1) is 5.52 Å². The van der Waals surface area contributed by atoms with Gasteiger partial charge in [-0.2, -0.15) is 0 Å². The van der Waals surface area contributed by atoms with Crippen LogP contribution in [0.5, 0.6) is 5.75 Å². The summed E-state index contributed by atoms with van der Waals surface area (Å²) in [6, 6.07) is 6.60. The highest BCUT2D eigenvalue weighted by molar-refractivity contribution is 14.1. The van der Waals surface area contributed by atoms with Gasteiger partial charge in [0.1, 0.15) is 9.80 Å². The molecule has 5 nitrogen and oxygen atoms in total. The number of carbonyl (C=O) groups is 1. The number of hydrogen-bond acceptors (Lipinski definition) is 3. The molecule has 0 saturated carbocycles. The fourth-order valence-electron chi connectivity index (χ4n) is 1.89. The van der Waals surface area contributed by atoms with Crippen molar-refractivity contribution in [2.75, 3.05) is 0 Å². The number of aromatic nitrogens is 1. The number of aromatic hydroxyl groups is 1. The second-order valence-electron chi connectivity index (χ2n) is 3.83. The SMILES string of the molecule is C=CC(I)n1c(=O)c(C(=O)O)c(O)c2ccccc21. The van der Waals surface area contributed by atoms with Gasteiger partial charge in [0.2, 0.25) is 0 Å². The summed E-state index contributed by atoms with van der Waals surface area (Å²) in [6.07, 6.45) is 1.52. The first-order valence-corrected chi connectivity index (χ1v) is 6.59. The van der Waals surface area contributed by atoms with Gasteiger partial charge in [-0.1, -0.05) is 40.8 Å². The van der Waals surface area contributed by atoms with Crippen molar-refractivity contribution in [2.24, 2.45) is 0 Å². The predicted molar refractivity (Wildman–Crippen MR) is 80.1 cm³/mol. The summed E-state index contributed by atoms with van der Waals surface area (Å²) < 4.78 is 0.889. The van der Waals surface area contributed by atoms with E-state index in [1.54, 1.807) is 24.3 Å². The van der Waals surface area contributed by atoms with E-state index < -0.39 is 26.9 Å². The van der Waals surface area contributed by atoms with Crippen molar-refractivity contribution in [1.82, 2.24) is 4.57 Å². The van der Waals surface area contributed by atoms with Crippen LogP contribution >= 0.6 is 22.6 Å². The highest BCUT2D eigenvalue weighted by atomic mass is 127. The number of benzene rings is 1. The fraction of sp³-hybridized carbons (Fsp3) is 0.0769. The standard InChI is InChI=1S/C13H10INO4/c1-2-9(14)15-8-6-4-3-5-7(8)11(16)10(12(15)17)13(18)19/h2-6,9,16H,1H2,(H,18,19). The zero-order valence-corrected chi connectivity index (χ0v) is 11.9. The molecular formula is C13H10INO4. The molecule has 2 N–H and O–H groups in total. The van der Waals surface area contributed by atoms with Crippen molar-refractivity contribution in [3.05, 3.63) is 52.8 Å². The van der Waals surface area contributed by atoms with Crippen molar-refractivity contribution in [2.45, 2.75) is 4.05 Å². The lowest BCUT2D eigenvalue weighted by Crippen LogP contribution is -2.27. The monoisotopic (exact) mass is 371 g/mol. The Labute approximate surface area is 121 Å². The van der Waals surface area contributed by atoms with E-state index in [2.05, 4.69) is 6.58 Å². The van der Waals surface area contributed by atoms with Crippen molar-refractivity contribution >= 4 is 39.5 Å². The number of halogens is 1. The van der Waals surface area contributed by atoms with Crippen LogP contribution in [0.15, 0.2) is 41.7 Å². The van der Waals surface area contributed by atoms with Crippen LogP contribution in [-0.2, 0) is 0 Å². The van der Waals surface area contributed by atoms with Gasteiger partial charge in [-0.3, -0.25) is 9.36 Å². The Morgan fingerprint density at radius 1 is 1.42 bits per heavy atom. The van der Waals surface area contributed by atoms with Gasteiger partial charge in [-0.15, -0.1) is 6.58 Å². The number of carboxylic acids is 1. The minimum Gasteiger partial charge on any atom is -0.506 e. The number of para-hydroxylation sites is 1.